The highest BCUT2D eigenvalue weighted by atomic mass is 16.2. The van der Waals surface area contributed by atoms with Crippen LogP contribution in [-0.4, -0.2) is 55.1 Å². The quantitative estimate of drug-likeness (QED) is 0.264. The number of nitrogens with zero attached hydrogens (tertiary/aromatic N) is 7. The number of unbranched alkanes of at least 4 members (excludes halogenated alkanes) is 1. The van der Waals surface area contributed by atoms with Crippen molar-refractivity contribution < 1.29 is 9.59 Å². The number of aliphatic imine (C=N–C) groups is 1. The molecule has 0 radical (unpaired) electrons. The summed E-state index contributed by atoms with van der Waals surface area (Å²) >= 11 is 0. The summed E-state index contributed by atoms with van der Waals surface area (Å²) in [6.07, 6.45) is 15.3. The van der Waals surface area contributed by atoms with E-state index >= 15 is 0 Å². The number of hydrogen-bond donors (Lipinski definition) is 2. The molecule has 11 heteroatoms. The maximum absolute atomic E-state index is 12.2. The molecule has 0 spiro atoms. The summed E-state index contributed by atoms with van der Waals surface area (Å²) in [5, 5.41) is 21.8. The van der Waals surface area contributed by atoms with Crippen molar-refractivity contribution >= 4 is 24.3 Å². The van der Waals surface area contributed by atoms with Crippen molar-refractivity contribution in [3.63, 3.8) is 0 Å². The van der Waals surface area contributed by atoms with Crippen molar-refractivity contribution in [1.29, 1.82) is 0 Å². The van der Waals surface area contributed by atoms with Crippen LogP contribution in [0.4, 0.5) is 5.82 Å². The van der Waals surface area contributed by atoms with Gasteiger partial charge in [-0.25, -0.2) is 0 Å². The highest BCUT2D eigenvalue weighted by Crippen LogP contribution is 2.23. The molecule has 0 unspecified atom stereocenters. The molecule has 0 atom stereocenters. The highest BCUT2D eigenvalue weighted by molar-refractivity contribution is 5.92. The topological polar surface area (TPSA) is 132 Å². The maximum atomic E-state index is 12.2. The minimum absolute atomic E-state index is 0.157. The van der Waals surface area contributed by atoms with Gasteiger partial charge < -0.3 is 10.6 Å². The molecule has 0 aliphatic heterocycles. The van der Waals surface area contributed by atoms with Gasteiger partial charge in [-0.05, 0) is 51.3 Å². The number of hydrogen-bond acceptors (Lipinski definition) is 7. The number of nitrogens with one attached hydrogen (secondary N) is 2. The van der Waals surface area contributed by atoms with E-state index in [2.05, 4.69) is 43.0 Å². The Kier molecular flexibility index (Phi) is 9.68. The highest BCUT2D eigenvalue weighted by Gasteiger charge is 2.17. The number of carbonyl (C=O) groups is 2. The van der Waals surface area contributed by atoms with Crippen LogP contribution in [0.3, 0.4) is 0 Å². The molecule has 1 aliphatic rings. The third-order valence-electron chi connectivity index (χ3n) is 5.64. The normalized spacial score (nSPS) is 14.6. The van der Waals surface area contributed by atoms with E-state index in [9.17, 15) is 9.59 Å². The molecule has 1 fully saturated rings. The van der Waals surface area contributed by atoms with E-state index in [0.717, 1.165) is 18.4 Å². The average molecular weight is 468 g/mol. The fourth-order valence-electron chi connectivity index (χ4n) is 3.83. The van der Waals surface area contributed by atoms with Gasteiger partial charge in [0.25, 0.3) is 5.91 Å². The minimum Gasteiger partial charge on any atom is -0.350 e. The van der Waals surface area contributed by atoms with Gasteiger partial charge >= 0.3 is 0 Å². The Labute approximate surface area is 199 Å². The van der Waals surface area contributed by atoms with Gasteiger partial charge in [0.1, 0.15) is 0 Å². The molecule has 1 saturated carbocycles. The van der Waals surface area contributed by atoms with Crippen LogP contribution in [0.15, 0.2) is 41.3 Å². The van der Waals surface area contributed by atoms with Gasteiger partial charge in [0, 0.05) is 32.3 Å². The Balaban J connectivity index is 1.33. The standard InChI is InChI=1S/C23H33N9O2/c1-18(8-7-11-24-2)14-22(33)26-21-17-32(30-28-21)13-6-5-12-31-16-20(27-29-31)23(34)25-15-19-9-3-4-10-19/h7-8,11,16-17,19H,2-6,9-10,12-15H2,1H3,(H,25,34)(H,26,33)/b11-7-,18-8+. The van der Waals surface area contributed by atoms with Crippen LogP contribution >= 0.6 is 0 Å². The van der Waals surface area contributed by atoms with Crippen LogP contribution in [0.25, 0.3) is 0 Å². The summed E-state index contributed by atoms with van der Waals surface area (Å²) in [6.45, 7) is 7.25. The van der Waals surface area contributed by atoms with E-state index in [1.54, 1.807) is 34.0 Å². The van der Waals surface area contributed by atoms with E-state index in [1.807, 2.05) is 13.0 Å². The van der Waals surface area contributed by atoms with E-state index in [-0.39, 0.29) is 18.2 Å². The molecule has 0 aromatic carbocycles. The Morgan fingerprint density at radius 1 is 1.15 bits per heavy atom. The summed E-state index contributed by atoms with van der Waals surface area (Å²) in [7, 11) is 0. The molecule has 2 N–H and O–H groups in total. The van der Waals surface area contributed by atoms with Gasteiger partial charge in [-0.15, -0.1) is 10.2 Å². The average Bonchev–Trinajstić information content (AvgIpc) is 3.57. The summed E-state index contributed by atoms with van der Waals surface area (Å²) < 4.78 is 3.38. The number of rotatable bonds is 13. The summed E-state index contributed by atoms with van der Waals surface area (Å²) in [4.78, 5) is 28.0. The lowest BCUT2D eigenvalue weighted by molar-refractivity contribution is -0.115. The third-order valence-corrected chi connectivity index (χ3v) is 5.64. The number of aromatic nitrogens is 6. The number of allylic oxidation sites excluding steroid dienone is 2. The first-order chi connectivity index (χ1) is 16.5. The zero-order valence-corrected chi connectivity index (χ0v) is 19.7. The molecule has 34 heavy (non-hydrogen) atoms. The van der Waals surface area contributed by atoms with Crippen LogP contribution in [0, 0.1) is 5.92 Å². The Hall–Kier alpha value is -3.63. The van der Waals surface area contributed by atoms with Crippen molar-refractivity contribution in [2.45, 2.75) is 65.0 Å². The van der Waals surface area contributed by atoms with E-state index < -0.39 is 0 Å². The SMILES string of the molecule is C=N/C=C\C=C(/C)CC(=O)Nc1cn(CCCCn2cc(C(=O)NCC3CCCC3)nn2)nn1. The Morgan fingerprint density at radius 2 is 1.85 bits per heavy atom. The fourth-order valence-corrected chi connectivity index (χ4v) is 3.83. The van der Waals surface area contributed by atoms with Crippen molar-refractivity contribution in [3.8, 4) is 0 Å². The van der Waals surface area contributed by atoms with Gasteiger partial charge in [0.15, 0.2) is 11.5 Å². The number of amides is 2. The molecule has 2 amide bonds. The van der Waals surface area contributed by atoms with Crippen molar-refractivity contribution in [1.82, 2.24) is 35.3 Å². The van der Waals surface area contributed by atoms with Crippen LogP contribution < -0.4 is 10.6 Å². The van der Waals surface area contributed by atoms with E-state index in [0.29, 0.717) is 37.1 Å². The number of carbonyl (C=O) groups excluding carboxylic acids is 2. The summed E-state index contributed by atoms with van der Waals surface area (Å²) in [5.74, 6) is 0.695. The second-order valence-electron chi connectivity index (χ2n) is 8.56. The lowest BCUT2D eigenvalue weighted by Gasteiger charge is -2.08. The largest absolute Gasteiger partial charge is 0.350 e. The van der Waals surface area contributed by atoms with E-state index in [4.69, 9.17) is 0 Å². The lowest BCUT2D eigenvalue weighted by atomic mass is 10.1. The molecule has 0 saturated heterocycles. The predicted octanol–water partition coefficient (Wildman–Crippen LogP) is 2.76. The molecule has 2 heterocycles. The third kappa shape index (κ3) is 8.38. The molecule has 1 aliphatic carbocycles. The zero-order valence-electron chi connectivity index (χ0n) is 19.7. The van der Waals surface area contributed by atoms with Crippen molar-refractivity contribution in [2.75, 3.05) is 11.9 Å². The first kappa shape index (κ1) is 25.0. The predicted molar refractivity (Wildman–Crippen MR) is 129 cm³/mol. The smallest absolute Gasteiger partial charge is 0.273 e. The van der Waals surface area contributed by atoms with Crippen LogP contribution in [0.2, 0.25) is 0 Å². The van der Waals surface area contributed by atoms with Gasteiger partial charge in [-0.3, -0.25) is 23.9 Å². The molecular formula is C23H33N9O2. The first-order valence-corrected chi connectivity index (χ1v) is 11.7. The lowest BCUT2D eigenvalue weighted by Crippen LogP contribution is -2.28. The number of anilines is 1. The molecular weight excluding hydrogens is 434 g/mol. The monoisotopic (exact) mass is 467 g/mol. The van der Waals surface area contributed by atoms with Gasteiger partial charge in [-0.2, -0.15) is 0 Å². The van der Waals surface area contributed by atoms with Crippen LogP contribution in [0.1, 0.15) is 62.4 Å². The summed E-state index contributed by atoms with van der Waals surface area (Å²) in [5.41, 5.74) is 1.25. The van der Waals surface area contributed by atoms with Crippen LogP contribution in [-0.2, 0) is 17.9 Å². The second kappa shape index (κ2) is 13.2. The zero-order chi connectivity index (χ0) is 24.2. The van der Waals surface area contributed by atoms with Crippen LogP contribution in [0.5, 0.6) is 0 Å². The maximum Gasteiger partial charge on any atom is 0.273 e. The molecule has 2 aromatic heterocycles. The van der Waals surface area contributed by atoms with Gasteiger partial charge in [0.2, 0.25) is 5.91 Å². The molecule has 11 nitrogen and oxygen atoms in total. The van der Waals surface area contributed by atoms with E-state index in [1.165, 1.54) is 25.7 Å². The van der Waals surface area contributed by atoms with Gasteiger partial charge in [0.05, 0.1) is 12.4 Å². The van der Waals surface area contributed by atoms with Gasteiger partial charge in [-0.1, -0.05) is 34.9 Å². The Morgan fingerprint density at radius 3 is 2.59 bits per heavy atom. The first-order valence-electron chi connectivity index (χ1n) is 11.7. The number of aryl methyl sites for hydroxylation is 2. The molecule has 182 valence electrons. The molecule has 3 rings (SSSR count). The summed E-state index contributed by atoms with van der Waals surface area (Å²) in [6, 6.07) is 0. The van der Waals surface area contributed by atoms with Crippen molar-refractivity contribution in [2.24, 2.45) is 10.9 Å². The molecule has 0 bridgehead atoms. The van der Waals surface area contributed by atoms with Crippen molar-refractivity contribution in [3.05, 3.63) is 42.0 Å². The Bertz CT molecular complexity index is 1020. The molecule has 2 aromatic rings. The fraction of sp³-hybridized carbons (Fsp3) is 0.522. The second-order valence-corrected chi connectivity index (χ2v) is 8.56. The minimum atomic E-state index is -0.161.